The Hall–Kier alpha value is -1.61. The van der Waals surface area contributed by atoms with E-state index >= 15 is 0 Å². The molecule has 3 nitrogen and oxygen atoms in total. The average molecular weight is 257 g/mol. The summed E-state index contributed by atoms with van der Waals surface area (Å²) in [6.45, 7) is 2.16. The molecule has 3 rings (SSSR count). The van der Waals surface area contributed by atoms with Gasteiger partial charge in [-0.05, 0) is 42.6 Å². The zero-order valence-corrected chi connectivity index (χ0v) is 11.4. The van der Waals surface area contributed by atoms with Crippen molar-refractivity contribution in [2.24, 2.45) is 5.92 Å². The van der Waals surface area contributed by atoms with Gasteiger partial charge < -0.3 is 9.64 Å². The maximum atomic E-state index is 11.6. The van der Waals surface area contributed by atoms with Crippen molar-refractivity contribution in [1.82, 2.24) is 4.90 Å². The molecular weight excluding hydrogens is 238 g/mol. The number of likely N-dealkylation sites (tertiary alicyclic amines) is 1. The van der Waals surface area contributed by atoms with Crippen LogP contribution < -0.4 is 0 Å². The molecule has 0 aromatic heterocycles. The fourth-order valence-corrected chi connectivity index (χ4v) is 3.46. The molecule has 1 saturated heterocycles. The minimum absolute atomic E-state index is 0.246. The number of hydrogen-bond acceptors (Lipinski definition) is 3. The van der Waals surface area contributed by atoms with E-state index < -0.39 is 0 Å². The van der Waals surface area contributed by atoms with Crippen molar-refractivity contribution in [1.29, 1.82) is 0 Å². The number of likely N-dealkylation sites (N-methyl/N-ethyl adjacent to an activating group) is 1. The monoisotopic (exact) mass is 257 g/mol. The summed E-state index contributed by atoms with van der Waals surface area (Å²) in [5, 5.41) is 0. The normalized spacial score (nSPS) is 28.0. The quantitative estimate of drug-likeness (QED) is 0.571. The molecule has 0 saturated carbocycles. The molecule has 0 N–H and O–H groups in total. The Bertz CT molecular complexity index is 535. The smallest absolute Gasteiger partial charge is 0.330 e. The second-order valence-electron chi connectivity index (χ2n) is 5.47. The van der Waals surface area contributed by atoms with Gasteiger partial charge in [-0.3, -0.25) is 0 Å². The van der Waals surface area contributed by atoms with Crippen LogP contribution in [0.4, 0.5) is 0 Å². The number of carbonyl (C=O) groups excluding carboxylic acids is 1. The van der Waals surface area contributed by atoms with E-state index in [1.807, 2.05) is 6.07 Å². The number of nitrogens with zero attached hydrogens (tertiary/aromatic N) is 1. The lowest BCUT2D eigenvalue weighted by Gasteiger charge is -2.33. The average Bonchev–Trinajstić information content (AvgIpc) is 2.73. The van der Waals surface area contributed by atoms with Crippen LogP contribution >= 0.6 is 0 Å². The molecule has 100 valence electrons. The van der Waals surface area contributed by atoms with Crippen LogP contribution in [0.25, 0.3) is 5.57 Å². The maximum Gasteiger partial charge on any atom is 0.330 e. The van der Waals surface area contributed by atoms with Crippen LogP contribution in [0.3, 0.4) is 0 Å². The molecule has 2 aliphatic rings. The zero-order valence-electron chi connectivity index (χ0n) is 11.4. The first-order valence-electron chi connectivity index (χ1n) is 6.78. The molecule has 2 atom stereocenters. The first-order valence-corrected chi connectivity index (χ1v) is 6.78. The largest absolute Gasteiger partial charge is 0.466 e. The van der Waals surface area contributed by atoms with Gasteiger partial charge in [-0.1, -0.05) is 24.3 Å². The SMILES string of the molecule is COC(=O)C=C1c2ccccc2[C@@H]2CN(C)CC[C@H]12. The topological polar surface area (TPSA) is 29.5 Å². The van der Waals surface area contributed by atoms with Gasteiger partial charge >= 0.3 is 5.97 Å². The Morgan fingerprint density at radius 1 is 1.37 bits per heavy atom. The highest BCUT2D eigenvalue weighted by Gasteiger charge is 2.39. The third-order valence-electron chi connectivity index (χ3n) is 4.36. The van der Waals surface area contributed by atoms with Crippen molar-refractivity contribution < 1.29 is 9.53 Å². The van der Waals surface area contributed by atoms with Crippen LogP contribution in [0.15, 0.2) is 30.3 Å². The first kappa shape index (κ1) is 12.4. The van der Waals surface area contributed by atoms with Crippen molar-refractivity contribution in [3.05, 3.63) is 41.5 Å². The Morgan fingerprint density at radius 2 is 2.16 bits per heavy atom. The van der Waals surface area contributed by atoms with Crippen LogP contribution in [0.2, 0.25) is 0 Å². The molecule has 19 heavy (non-hydrogen) atoms. The summed E-state index contributed by atoms with van der Waals surface area (Å²) >= 11 is 0. The lowest BCUT2D eigenvalue weighted by atomic mass is 9.84. The van der Waals surface area contributed by atoms with E-state index in [1.54, 1.807) is 6.08 Å². The number of hydrogen-bond donors (Lipinski definition) is 0. The van der Waals surface area contributed by atoms with Gasteiger partial charge in [0, 0.05) is 18.5 Å². The Labute approximate surface area is 113 Å². The number of fused-ring (bicyclic) bond motifs is 3. The molecular formula is C16H19NO2. The molecule has 0 radical (unpaired) electrons. The third-order valence-corrected chi connectivity index (χ3v) is 4.36. The number of piperidine rings is 1. The van der Waals surface area contributed by atoms with Gasteiger partial charge in [0.2, 0.25) is 0 Å². The summed E-state index contributed by atoms with van der Waals surface area (Å²) in [5.41, 5.74) is 3.79. The van der Waals surface area contributed by atoms with Gasteiger partial charge in [0.25, 0.3) is 0 Å². The molecule has 1 aliphatic heterocycles. The van der Waals surface area contributed by atoms with E-state index in [0.717, 1.165) is 19.5 Å². The van der Waals surface area contributed by atoms with Gasteiger partial charge in [0.1, 0.15) is 0 Å². The first-order chi connectivity index (χ1) is 9.20. The van der Waals surface area contributed by atoms with Crippen molar-refractivity contribution in [3.8, 4) is 0 Å². The number of methoxy groups -OCH3 is 1. The molecule has 0 unspecified atom stereocenters. The van der Waals surface area contributed by atoms with Crippen molar-refractivity contribution in [2.45, 2.75) is 12.3 Å². The molecule has 0 amide bonds. The number of benzene rings is 1. The third kappa shape index (κ3) is 2.08. The van der Waals surface area contributed by atoms with E-state index in [0.29, 0.717) is 11.8 Å². The van der Waals surface area contributed by atoms with E-state index in [-0.39, 0.29) is 5.97 Å². The standard InChI is InChI=1S/C16H19NO2/c1-17-8-7-13-14(9-16(18)19-2)11-5-3-4-6-12(11)15(13)10-17/h3-6,9,13,15H,7-8,10H2,1-2H3/t13-,15+/m1/s1. The van der Waals surface area contributed by atoms with Gasteiger partial charge in [0.05, 0.1) is 7.11 Å². The van der Waals surface area contributed by atoms with Crippen LogP contribution in [0.1, 0.15) is 23.5 Å². The van der Waals surface area contributed by atoms with Gasteiger partial charge in [-0.25, -0.2) is 4.79 Å². The predicted molar refractivity (Wildman–Crippen MR) is 74.8 cm³/mol. The van der Waals surface area contributed by atoms with E-state index in [4.69, 9.17) is 4.74 Å². The lowest BCUT2D eigenvalue weighted by Crippen LogP contribution is -2.34. The highest BCUT2D eigenvalue weighted by atomic mass is 16.5. The van der Waals surface area contributed by atoms with E-state index in [2.05, 4.69) is 30.1 Å². The predicted octanol–water partition coefficient (Wildman–Crippen LogP) is 2.29. The number of carbonyl (C=O) groups is 1. The minimum Gasteiger partial charge on any atom is -0.466 e. The summed E-state index contributed by atoms with van der Waals surface area (Å²) < 4.78 is 4.80. The molecule has 1 fully saturated rings. The summed E-state index contributed by atoms with van der Waals surface area (Å²) in [7, 11) is 3.60. The van der Waals surface area contributed by atoms with Gasteiger partial charge in [0.15, 0.2) is 0 Å². The summed E-state index contributed by atoms with van der Waals surface area (Å²) in [6, 6.07) is 8.46. The summed E-state index contributed by atoms with van der Waals surface area (Å²) in [6.07, 6.45) is 2.80. The van der Waals surface area contributed by atoms with Crippen molar-refractivity contribution in [3.63, 3.8) is 0 Å². The van der Waals surface area contributed by atoms with Crippen LogP contribution in [-0.2, 0) is 9.53 Å². The number of ether oxygens (including phenoxy) is 1. The molecule has 1 heterocycles. The molecule has 0 spiro atoms. The zero-order chi connectivity index (χ0) is 13.4. The molecule has 0 bridgehead atoms. The summed E-state index contributed by atoms with van der Waals surface area (Å²) in [4.78, 5) is 14.0. The summed E-state index contributed by atoms with van der Waals surface area (Å²) in [5.74, 6) is 0.739. The van der Waals surface area contributed by atoms with Gasteiger partial charge in [-0.15, -0.1) is 0 Å². The van der Waals surface area contributed by atoms with E-state index in [9.17, 15) is 4.79 Å². The fraction of sp³-hybridized carbons (Fsp3) is 0.438. The Morgan fingerprint density at radius 3 is 2.95 bits per heavy atom. The lowest BCUT2D eigenvalue weighted by molar-refractivity contribution is -0.134. The highest BCUT2D eigenvalue weighted by molar-refractivity contribution is 5.94. The Balaban J connectivity index is 2.05. The van der Waals surface area contributed by atoms with E-state index in [1.165, 1.54) is 23.8 Å². The van der Waals surface area contributed by atoms with Crippen LogP contribution in [-0.4, -0.2) is 38.1 Å². The van der Waals surface area contributed by atoms with Crippen LogP contribution in [0, 0.1) is 5.92 Å². The second-order valence-corrected chi connectivity index (χ2v) is 5.47. The van der Waals surface area contributed by atoms with Gasteiger partial charge in [-0.2, -0.15) is 0 Å². The number of rotatable bonds is 1. The molecule has 1 aromatic rings. The molecule has 3 heteroatoms. The number of esters is 1. The second kappa shape index (κ2) is 4.82. The van der Waals surface area contributed by atoms with Crippen molar-refractivity contribution in [2.75, 3.05) is 27.2 Å². The molecule has 1 aromatic carbocycles. The minimum atomic E-state index is -0.246. The molecule has 1 aliphatic carbocycles. The van der Waals surface area contributed by atoms with Crippen LogP contribution in [0.5, 0.6) is 0 Å². The fourth-order valence-electron chi connectivity index (χ4n) is 3.46. The number of allylic oxidation sites excluding steroid dienone is 1. The van der Waals surface area contributed by atoms with Crippen molar-refractivity contribution >= 4 is 11.5 Å². The maximum absolute atomic E-state index is 11.6. The highest BCUT2D eigenvalue weighted by Crippen LogP contribution is 2.49. The Kier molecular flexibility index (Phi) is 3.15.